The third kappa shape index (κ3) is 2.67. The van der Waals surface area contributed by atoms with Crippen molar-refractivity contribution in [1.82, 2.24) is 19.7 Å². The summed E-state index contributed by atoms with van der Waals surface area (Å²) in [4.78, 5) is 9.93. The van der Waals surface area contributed by atoms with Crippen LogP contribution in [0.3, 0.4) is 0 Å². The maximum absolute atomic E-state index is 12.6. The minimum Gasteiger partial charge on any atom is -0.346 e. The molecule has 0 unspecified atom stereocenters. The quantitative estimate of drug-likeness (QED) is 0.811. The second-order valence-electron chi connectivity index (χ2n) is 4.75. The number of anilines is 1. The van der Waals surface area contributed by atoms with Crippen molar-refractivity contribution in [3.63, 3.8) is 0 Å². The average Bonchev–Trinajstić information content (AvgIpc) is 2.76. The lowest BCUT2D eigenvalue weighted by Crippen LogP contribution is -2.35. The topological polar surface area (TPSA) is 46.8 Å². The Morgan fingerprint density at radius 1 is 1.29 bits per heavy atom. The molecule has 1 aliphatic heterocycles. The van der Waals surface area contributed by atoms with Gasteiger partial charge in [0.1, 0.15) is 17.5 Å². The Hall–Kier alpha value is -1.83. The summed E-state index contributed by atoms with van der Waals surface area (Å²) in [5, 5.41) is 4.21. The van der Waals surface area contributed by atoms with Gasteiger partial charge >= 0.3 is 6.18 Å². The second kappa shape index (κ2) is 4.87. The van der Waals surface area contributed by atoms with Gasteiger partial charge in [-0.05, 0) is 13.0 Å². The molecule has 1 aliphatic rings. The summed E-state index contributed by atoms with van der Waals surface area (Å²) in [5.74, 6) is 1.74. The van der Waals surface area contributed by atoms with E-state index in [4.69, 9.17) is 11.6 Å². The lowest BCUT2D eigenvalue weighted by molar-refractivity contribution is -0.137. The molecule has 0 atom stereocenters. The Balaban J connectivity index is 1.88. The lowest BCUT2D eigenvalue weighted by atomic mass is 10.2. The highest BCUT2D eigenvalue weighted by atomic mass is 35.5. The van der Waals surface area contributed by atoms with Crippen LogP contribution >= 0.6 is 11.6 Å². The molecule has 21 heavy (non-hydrogen) atoms. The van der Waals surface area contributed by atoms with E-state index in [1.54, 1.807) is 16.5 Å². The molecule has 3 rings (SSSR count). The van der Waals surface area contributed by atoms with E-state index < -0.39 is 11.7 Å². The summed E-state index contributed by atoms with van der Waals surface area (Å²) in [7, 11) is 0. The van der Waals surface area contributed by atoms with E-state index in [1.165, 1.54) is 0 Å². The molecule has 0 saturated heterocycles. The number of hydrogen-bond donors (Lipinski definition) is 0. The number of aromatic nitrogens is 4. The largest absolute Gasteiger partial charge is 0.417 e. The van der Waals surface area contributed by atoms with Crippen molar-refractivity contribution in [1.29, 1.82) is 0 Å². The zero-order valence-corrected chi connectivity index (χ0v) is 11.8. The summed E-state index contributed by atoms with van der Waals surface area (Å²) in [5.41, 5.74) is -0.854. The Kier molecular flexibility index (Phi) is 3.27. The van der Waals surface area contributed by atoms with Crippen molar-refractivity contribution in [2.24, 2.45) is 0 Å². The van der Waals surface area contributed by atoms with E-state index in [0.717, 1.165) is 18.1 Å². The van der Waals surface area contributed by atoms with Crippen LogP contribution in [0.15, 0.2) is 12.3 Å². The van der Waals surface area contributed by atoms with Gasteiger partial charge in [-0.15, -0.1) is 0 Å². The summed E-state index contributed by atoms with van der Waals surface area (Å²) >= 11 is 5.95. The number of hydrogen-bond acceptors (Lipinski definition) is 4. The third-order valence-corrected chi connectivity index (χ3v) is 3.50. The zero-order chi connectivity index (χ0) is 15.2. The van der Waals surface area contributed by atoms with Gasteiger partial charge in [0.2, 0.25) is 0 Å². The van der Waals surface area contributed by atoms with Crippen LogP contribution in [0.5, 0.6) is 0 Å². The number of rotatable bonds is 1. The van der Waals surface area contributed by atoms with Gasteiger partial charge in [0.15, 0.2) is 0 Å². The Labute approximate surface area is 123 Å². The molecule has 2 aromatic heterocycles. The highest BCUT2D eigenvalue weighted by molar-refractivity contribution is 6.33. The molecule has 0 aromatic carbocycles. The van der Waals surface area contributed by atoms with Crippen LogP contribution < -0.4 is 4.90 Å². The fourth-order valence-electron chi connectivity index (χ4n) is 2.26. The fraction of sp³-hybridized carbons (Fsp3) is 0.417. The number of alkyl halides is 3. The number of pyridine rings is 1. The summed E-state index contributed by atoms with van der Waals surface area (Å²) < 4.78 is 39.6. The second-order valence-corrected chi connectivity index (χ2v) is 5.15. The summed E-state index contributed by atoms with van der Waals surface area (Å²) in [6, 6.07) is 0.897. The molecule has 2 aromatic rings. The number of nitrogens with zero attached hydrogens (tertiary/aromatic N) is 5. The Bertz CT molecular complexity index is 682. The predicted molar refractivity (Wildman–Crippen MR) is 70.1 cm³/mol. The maximum Gasteiger partial charge on any atom is 0.417 e. The van der Waals surface area contributed by atoms with Gasteiger partial charge < -0.3 is 4.90 Å². The monoisotopic (exact) mass is 317 g/mol. The van der Waals surface area contributed by atoms with E-state index in [2.05, 4.69) is 15.1 Å². The number of aryl methyl sites for hydroxylation is 1. The molecule has 0 radical (unpaired) electrons. The first-order chi connectivity index (χ1) is 9.84. The van der Waals surface area contributed by atoms with Crippen LogP contribution in [0, 0.1) is 6.92 Å². The highest BCUT2D eigenvalue weighted by Gasteiger charge is 2.32. The minimum atomic E-state index is -4.45. The molecular weight excluding hydrogens is 307 g/mol. The molecule has 0 saturated carbocycles. The van der Waals surface area contributed by atoms with Gasteiger partial charge in [-0.3, -0.25) is 0 Å². The fourth-order valence-corrected chi connectivity index (χ4v) is 2.55. The molecule has 9 heteroatoms. The van der Waals surface area contributed by atoms with Crippen molar-refractivity contribution in [2.45, 2.75) is 26.2 Å². The van der Waals surface area contributed by atoms with Gasteiger partial charge in [-0.2, -0.15) is 18.3 Å². The zero-order valence-electron chi connectivity index (χ0n) is 11.0. The van der Waals surface area contributed by atoms with Gasteiger partial charge in [-0.25, -0.2) is 14.6 Å². The molecule has 0 aliphatic carbocycles. The predicted octanol–water partition coefficient (Wildman–Crippen LogP) is 2.67. The van der Waals surface area contributed by atoms with Crippen LogP contribution in [-0.2, 0) is 19.3 Å². The molecule has 0 N–H and O–H groups in total. The van der Waals surface area contributed by atoms with Crippen molar-refractivity contribution in [2.75, 3.05) is 11.4 Å². The normalized spacial score (nSPS) is 15.2. The molecule has 112 valence electrons. The van der Waals surface area contributed by atoms with Crippen molar-refractivity contribution >= 4 is 17.4 Å². The first-order valence-electron chi connectivity index (χ1n) is 6.22. The van der Waals surface area contributed by atoms with Crippen LogP contribution in [0.1, 0.15) is 17.2 Å². The van der Waals surface area contributed by atoms with Crippen LogP contribution in [0.4, 0.5) is 19.0 Å². The standard InChI is InChI=1S/C12H11ClF3N5/c1-7-18-10-6-20(2-3-21(10)19-7)11-9(13)4-8(5-17-11)12(14,15)16/h4-5H,2-3,6H2,1H3. The third-order valence-electron chi connectivity index (χ3n) is 3.22. The SMILES string of the molecule is Cc1nc2n(n1)CCN(c1ncc(C(F)(F)F)cc1Cl)C2. The van der Waals surface area contributed by atoms with Gasteiger partial charge in [0, 0.05) is 12.7 Å². The summed E-state index contributed by atoms with van der Waals surface area (Å²) in [6.07, 6.45) is -3.65. The van der Waals surface area contributed by atoms with Crippen molar-refractivity contribution in [3.8, 4) is 0 Å². The van der Waals surface area contributed by atoms with Crippen molar-refractivity contribution < 1.29 is 13.2 Å². The molecule has 3 heterocycles. The number of halogens is 4. The van der Waals surface area contributed by atoms with Gasteiger partial charge in [0.25, 0.3) is 0 Å². The molecular formula is C12H11ClF3N5. The van der Waals surface area contributed by atoms with Gasteiger partial charge in [-0.1, -0.05) is 11.6 Å². The van der Waals surface area contributed by atoms with Crippen molar-refractivity contribution in [3.05, 3.63) is 34.5 Å². The molecule has 0 spiro atoms. The maximum atomic E-state index is 12.6. The Morgan fingerprint density at radius 2 is 2.05 bits per heavy atom. The van der Waals surface area contributed by atoms with E-state index in [1.807, 2.05) is 0 Å². The van der Waals surface area contributed by atoms with E-state index in [-0.39, 0.29) is 5.02 Å². The molecule has 0 fully saturated rings. The first kappa shape index (κ1) is 14.1. The van der Waals surface area contributed by atoms with E-state index >= 15 is 0 Å². The van der Waals surface area contributed by atoms with E-state index in [9.17, 15) is 13.2 Å². The average molecular weight is 318 g/mol. The lowest BCUT2D eigenvalue weighted by Gasteiger charge is -2.28. The van der Waals surface area contributed by atoms with E-state index in [0.29, 0.717) is 31.3 Å². The van der Waals surface area contributed by atoms with Crippen LogP contribution in [0.2, 0.25) is 5.02 Å². The van der Waals surface area contributed by atoms with Crippen LogP contribution in [-0.4, -0.2) is 26.3 Å². The molecule has 0 bridgehead atoms. The smallest absolute Gasteiger partial charge is 0.346 e. The number of fused-ring (bicyclic) bond motifs is 1. The minimum absolute atomic E-state index is 0.0190. The summed E-state index contributed by atoms with van der Waals surface area (Å²) in [6.45, 7) is 3.36. The molecule has 0 amide bonds. The van der Waals surface area contributed by atoms with Gasteiger partial charge in [0.05, 0.1) is 23.7 Å². The highest BCUT2D eigenvalue weighted by Crippen LogP contribution is 2.34. The first-order valence-corrected chi connectivity index (χ1v) is 6.60. The Morgan fingerprint density at radius 3 is 2.71 bits per heavy atom. The molecule has 5 nitrogen and oxygen atoms in total. The van der Waals surface area contributed by atoms with Crippen LogP contribution in [0.25, 0.3) is 0 Å².